The van der Waals surface area contributed by atoms with E-state index < -0.39 is 12.0 Å². The van der Waals surface area contributed by atoms with Crippen molar-refractivity contribution in [2.75, 3.05) is 17.2 Å². The zero-order valence-electron chi connectivity index (χ0n) is 23.1. The van der Waals surface area contributed by atoms with Gasteiger partial charge in [0.1, 0.15) is 6.10 Å². The van der Waals surface area contributed by atoms with Gasteiger partial charge in [0.2, 0.25) is 5.91 Å². The molecule has 5 rings (SSSR count). The Kier molecular flexibility index (Phi) is 7.80. The third kappa shape index (κ3) is 5.41. The third-order valence-corrected chi connectivity index (χ3v) is 7.89. The van der Waals surface area contributed by atoms with Gasteiger partial charge in [0.15, 0.2) is 11.6 Å². The Morgan fingerprint density at radius 2 is 1.77 bits per heavy atom. The fourth-order valence-electron chi connectivity index (χ4n) is 4.92. The first kappa shape index (κ1) is 28.4. The molecule has 0 spiro atoms. The van der Waals surface area contributed by atoms with E-state index in [1.54, 1.807) is 15.4 Å². The molecule has 2 aromatic heterocycles. The van der Waals surface area contributed by atoms with Crippen molar-refractivity contribution in [1.82, 2.24) is 24.9 Å². The summed E-state index contributed by atoms with van der Waals surface area (Å²) < 4.78 is 3.50. The number of benzene rings is 2. The zero-order valence-corrected chi connectivity index (χ0v) is 24.6. The molecule has 0 bridgehead atoms. The molecule has 212 valence electrons. The van der Waals surface area contributed by atoms with Crippen molar-refractivity contribution >= 4 is 68.5 Å². The van der Waals surface area contributed by atoms with E-state index in [1.165, 1.54) is 6.92 Å². The van der Waals surface area contributed by atoms with Crippen LogP contribution in [-0.2, 0) is 23.2 Å². The Morgan fingerprint density at radius 1 is 1.07 bits per heavy atom. The fourth-order valence-corrected chi connectivity index (χ4v) is 5.46. The largest absolute Gasteiger partial charge is 0.384 e. The second-order valence-electron chi connectivity index (χ2n) is 10.8. The Balaban J connectivity index is 1.61. The minimum atomic E-state index is -1.21. The average molecular weight is 587 g/mol. The lowest BCUT2D eigenvalue weighted by molar-refractivity contribution is -0.123. The summed E-state index contributed by atoms with van der Waals surface area (Å²) in [4.78, 5) is 25.0. The highest BCUT2D eigenvalue weighted by Gasteiger charge is 2.25. The van der Waals surface area contributed by atoms with E-state index in [0.717, 1.165) is 40.6 Å². The number of nitrogens with zero attached hydrogens (tertiary/aromatic N) is 4. The van der Waals surface area contributed by atoms with Crippen LogP contribution in [0.5, 0.6) is 0 Å². The number of anilines is 2. The molecule has 1 saturated carbocycles. The molecule has 0 unspecified atom stereocenters. The van der Waals surface area contributed by atoms with Gasteiger partial charge in [0.25, 0.3) is 5.91 Å². The number of hydrogen-bond acceptors (Lipinski definition) is 6. The Labute approximate surface area is 242 Å². The number of carbonyl (C=O) groups excluding carboxylic acids is 2. The summed E-state index contributed by atoms with van der Waals surface area (Å²) in [6.45, 7) is 7.98. The monoisotopic (exact) mass is 585 g/mol. The first-order chi connectivity index (χ1) is 19.0. The number of hydrogen-bond donors (Lipinski definition) is 4. The SMILES string of the molecule is Cc1ccc(Cl)c2c(NC(=O)[C@H](C)O)nn(Cc3cc(C(C)C)c4c(c(NC(=O)CNC5CC5)nn4C)c3Cl)c12. The molecular formula is C28H33Cl2N7O3. The van der Waals surface area contributed by atoms with Gasteiger partial charge in [-0.1, -0.05) is 49.2 Å². The van der Waals surface area contributed by atoms with Crippen LogP contribution in [0.1, 0.15) is 56.2 Å². The highest BCUT2D eigenvalue weighted by Crippen LogP contribution is 2.39. The topological polar surface area (TPSA) is 126 Å². The highest BCUT2D eigenvalue weighted by atomic mass is 35.5. The average Bonchev–Trinajstić information content (AvgIpc) is 3.57. The van der Waals surface area contributed by atoms with Crippen molar-refractivity contribution in [3.05, 3.63) is 44.9 Å². The van der Waals surface area contributed by atoms with Gasteiger partial charge in [-0.3, -0.25) is 19.0 Å². The molecule has 10 nitrogen and oxygen atoms in total. The van der Waals surface area contributed by atoms with Crippen LogP contribution in [0.2, 0.25) is 10.0 Å². The summed E-state index contributed by atoms with van der Waals surface area (Å²) in [5.74, 6) is 0.0379. The number of carbonyl (C=O) groups is 2. The van der Waals surface area contributed by atoms with Crippen molar-refractivity contribution in [2.45, 2.75) is 65.1 Å². The minimum absolute atomic E-state index is 0.139. The molecule has 1 aliphatic carbocycles. The van der Waals surface area contributed by atoms with E-state index in [4.69, 9.17) is 23.2 Å². The van der Waals surface area contributed by atoms with Crippen molar-refractivity contribution in [3.8, 4) is 0 Å². The molecule has 40 heavy (non-hydrogen) atoms. The summed E-state index contributed by atoms with van der Waals surface area (Å²) in [5.41, 5.74) is 4.29. The molecule has 1 atom stereocenters. The maximum atomic E-state index is 12.7. The normalized spacial score (nSPS) is 14.3. The first-order valence-electron chi connectivity index (χ1n) is 13.3. The molecule has 4 N–H and O–H groups in total. The van der Waals surface area contributed by atoms with Crippen LogP contribution in [0.15, 0.2) is 18.2 Å². The van der Waals surface area contributed by atoms with Gasteiger partial charge in [0.05, 0.1) is 44.9 Å². The van der Waals surface area contributed by atoms with E-state index in [9.17, 15) is 14.7 Å². The molecule has 4 aromatic rings. The minimum Gasteiger partial charge on any atom is -0.384 e. The lowest BCUT2D eigenvalue weighted by atomic mass is 9.97. The second kappa shape index (κ2) is 11.0. The van der Waals surface area contributed by atoms with Crippen molar-refractivity contribution in [3.63, 3.8) is 0 Å². The number of halogens is 2. The van der Waals surface area contributed by atoms with E-state index in [1.807, 2.05) is 26.1 Å². The number of aromatic nitrogens is 4. The van der Waals surface area contributed by atoms with Crippen molar-refractivity contribution in [1.29, 1.82) is 0 Å². The van der Waals surface area contributed by atoms with Crippen LogP contribution < -0.4 is 16.0 Å². The number of aliphatic hydroxyl groups excluding tert-OH is 1. The molecule has 0 aliphatic heterocycles. The zero-order chi connectivity index (χ0) is 28.9. The Morgan fingerprint density at radius 3 is 2.42 bits per heavy atom. The van der Waals surface area contributed by atoms with Crippen LogP contribution in [0, 0.1) is 6.92 Å². The number of nitrogens with one attached hydrogen (secondary N) is 3. The summed E-state index contributed by atoms with van der Waals surface area (Å²) >= 11 is 13.6. The predicted molar refractivity (Wildman–Crippen MR) is 158 cm³/mol. The molecule has 1 fully saturated rings. The van der Waals surface area contributed by atoms with Gasteiger partial charge >= 0.3 is 0 Å². The lowest BCUT2D eigenvalue weighted by Crippen LogP contribution is -2.29. The molecule has 1 aliphatic rings. The molecule has 2 amide bonds. The third-order valence-electron chi connectivity index (χ3n) is 7.15. The van der Waals surface area contributed by atoms with Gasteiger partial charge in [0, 0.05) is 13.1 Å². The van der Waals surface area contributed by atoms with Gasteiger partial charge in [-0.25, -0.2) is 0 Å². The van der Waals surface area contributed by atoms with Crippen LogP contribution in [0.25, 0.3) is 21.8 Å². The van der Waals surface area contributed by atoms with Crippen molar-refractivity contribution in [2.24, 2.45) is 7.05 Å². The summed E-state index contributed by atoms with van der Waals surface area (Å²) in [6, 6.07) is 6.09. The Hall–Kier alpha value is -3.18. The maximum Gasteiger partial charge on any atom is 0.254 e. The highest BCUT2D eigenvalue weighted by molar-refractivity contribution is 6.38. The molecule has 12 heteroatoms. The molecule has 0 saturated heterocycles. The van der Waals surface area contributed by atoms with E-state index in [-0.39, 0.29) is 30.7 Å². The number of aliphatic hydroxyl groups is 1. The van der Waals surface area contributed by atoms with Crippen LogP contribution >= 0.6 is 23.2 Å². The lowest BCUT2D eigenvalue weighted by Gasteiger charge is -2.15. The van der Waals surface area contributed by atoms with Crippen LogP contribution in [0.4, 0.5) is 11.6 Å². The smallest absolute Gasteiger partial charge is 0.254 e. The number of amides is 2. The van der Waals surface area contributed by atoms with Gasteiger partial charge < -0.3 is 21.1 Å². The second-order valence-corrected chi connectivity index (χ2v) is 11.5. The number of aryl methyl sites for hydroxylation is 2. The maximum absolute atomic E-state index is 12.7. The molecule has 2 aromatic carbocycles. The summed E-state index contributed by atoms with van der Waals surface area (Å²) in [7, 11) is 1.84. The molecule has 0 radical (unpaired) electrons. The van der Waals surface area contributed by atoms with Gasteiger partial charge in [-0.2, -0.15) is 10.2 Å². The molecular weight excluding hydrogens is 553 g/mol. The standard InChI is InChI=1S/C28H33Cl2N7O3/c1-13(2)18-10-16(23(30)22-25(18)36(5)34-27(22)32-20(39)11-31-17-7-8-17)12-37-24-14(3)6-9-19(29)21(24)26(35-37)33-28(40)15(4)38/h6,9-10,13,15,17,31,38H,7-8,11-12H2,1-5H3,(H,32,34,39)(H,33,35,40)/t15-/m0/s1. The predicted octanol–water partition coefficient (Wildman–Crippen LogP) is 4.72. The fraction of sp³-hybridized carbons (Fsp3) is 0.429. The quantitative estimate of drug-likeness (QED) is 0.225. The summed E-state index contributed by atoms with van der Waals surface area (Å²) in [5, 5.41) is 30.0. The number of fused-ring (bicyclic) bond motifs is 2. The van der Waals surface area contributed by atoms with Gasteiger partial charge in [-0.05, 0) is 55.4 Å². The van der Waals surface area contributed by atoms with E-state index in [0.29, 0.717) is 32.7 Å². The number of rotatable bonds is 9. The van der Waals surface area contributed by atoms with Crippen LogP contribution in [-0.4, -0.2) is 55.2 Å². The van der Waals surface area contributed by atoms with Gasteiger partial charge in [-0.15, -0.1) is 0 Å². The Bertz CT molecular complexity index is 1640. The van der Waals surface area contributed by atoms with E-state index >= 15 is 0 Å². The molecule has 2 heterocycles. The van der Waals surface area contributed by atoms with E-state index in [2.05, 4.69) is 40.0 Å². The first-order valence-corrected chi connectivity index (χ1v) is 14.1. The summed E-state index contributed by atoms with van der Waals surface area (Å²) in [6.07, 6.45) is 0.960. The van der Waals surface area contributed by atoms with Crippen LogP contribution in [0.3, 0.4) is 0 Å². The van der Waals surface area contributed by atoms with Crippen molar-refractivity contribution < 1.29 is 14.7 Å².